The molecule has 1 aliphatic rings. The Hall–Kier alpha value is -2.89. The van der Waals surface area contributed by atoms with Crippen molar-refractivity contribution < 1.29 is 24.5 Å². The molecule has 0 aromatic heterocycles. The number of esters is 1. The van der Waals surface area contributed by atoms with Crippen molar-refractivity contribution in [3.63, 3.8) is 0 Å². The van der Waals surface area contributed by atoms with Crippen LogP contribution in [0, 0.1) is 0 Å². The third-order valence-electron chi connectivity index (χ3n) is 3.09. The molecule has 1 heterocycles. The molecule has 0 bridgehead atoms. The first-order chi connectivity index (χ1) is 10.5. The van der Waals surface area contributed by atoms with Crippen LogP contribution in [-0.4, -0.2) is 34.5 Å². The van der Waals surface area contributed by atoms with Crippen LogP contribution in [0.15, 0.2) is 46.3 Å². The van der Waals surface area contributed by atoms with Gasteiger partial charge in [-0.15, -0.1) is 0 Å². The fourth-order valence-corrected chi connectivity index (χ4v) is 2.10. The van der Waals surface area contributed by atoms with Crippen molar-refractivity contribution in [1.29, 1.82) is 0 Å². The van der Waals surface area contributed by atoms with Crippen LogP contribution in [0.2, 0.25) is 0 Å². The maximum atomic E-state index is 11.8. The third-order valence-corrected chi connectivity index (χ3v) is 3.09. The van der Waals surface area contributed by atoms with E-state index in [1.54, 1.807) is 32.0 Å². The molecule has 1 aromatic carbocycles. The summed E-state index contributed by atoms with van der Waals surface area (Å²) < 4.78 is 4.87. The van der Waals surface area contributed by atoms with Crippen molar-refractivity contribution in [2.24, 2.45) is 4.99 Å². The molecule has 1 aromatic rings. The van der Waals surface area contributed by atoms with Gasteiger partial charge in [-0.3, -0.25) is 0 Å². The molecule has 0 aliphatic carbocycles. The van der Waals surface area contributed by atoms with Gasteiger partial charge < -0.3 is 14.9 Å². The molecule has 0 fully saturated rings. The van der Waals surface area contributed by atoms with Gasteiger partial charge >= 0.3 is 11.9 Å². The second-order valence-electron chi connectivity index (χ2n) is 4.56. The van der Waals surface area contributed by atoms with Crippen LogP contribution in [-0.2, 0) is 9.53 Å². The number of aromatic carboxylic acids is 1. The second kappa shape index (κ2) is 6.26. The maximum Gasteiger partial charge on any atom is 0.343 e. The zero-order valence-electron chi connectivity index (χ0n) is 12.2. The highest BCUT2D eigenvalue weighted by atomic mass is 16.5. The summed E-state index contributed by atoms with van der Waals surface area (Å²) in [5.41, 5.74) is 0.934. The summed E-state index contributed by atoms with van der Waals surface area (Å²) in [6.07, 6.45) is 1.43. The number of carboxylic acids is 1. The van der Waals surface area contributed by atoms with Crippen molar-refractivity contribution in [3.05, 3.63) is 52.4 Å². The molecule has 6 heteroatoms. The van der Waals surface area contributed by atoms with Crippen molar-refractivity contribution in [2.75, 3.05) is 6.61 Å². The summed E-state index contributed by atoms with van der Waals surface area (Å²) in [5, 5.41) is 19.3. The Bertz CT molecular complexity index is 728. The van der Waals surface area contributed by atoms with Crippen LogP contribution in [0.5, 0.6) is 0 Å². The van der Waals surface area contributed by atoms with Gasteiger partial charge in [0.25, 0.3) is 0 Å². The predicted molar refractivity (Wildman–Crippen MR) is 80.8 cm³/mol. The van der Waals surface area contributed by atoms with E-state index >= 15 is 0 Å². The lowest BCUT2D eigenvalue weighted by Gasteiger charge is -2.03. The highest BCUT2D eigenvalue weighted by Crippen LogP contribution is 2.27. The van der Waals surface area contributed by atoms with Gasteiger partial charge in [0, 0.05) is 0 Å². The highest BCUT2D eigenvalue weighted by Gasteiger charge is 2.27. The van der Waals surface area contributed by atoms with Gasteiger partial charge in [0.2, 0.25) is 0 Å². The van der Waals surface area contributed by atoms with E-state index in [4.69, 9.17) is 9.84 Å². The number of benzene rings is 1. The van der Waals surface area contributed by atoms with E-state index in [0.29, 0.717) is 11.3 Å². The Labute approximate surface area is 127 Å². The number of hydrogen-bond donors (Lipinski definition) is 2. The van der Waals surface area contributed by atoms with E-state index in [9.17, 15) is 14.7 Å². The molecule has 114 valence electrons. The van der Waals surface area contributed by atoms with Crippen LogP contribution in [0.25, 0.3) is 6.08 Å². The number of carbonyl (C=O) groups excluding carboxylic acids is 1. The number of aliphatic hydroxyl groups is 1. The van der Waals surface area contributed by atoms with Crippen LogP contribution in [0.3, 0.4) is 0 Å². The number of ether oxygens (including phenoxy) is 1. The second-order valence-corrected chi connectivity index (χ2v) is 4.56. The van der Waals surface area contributed by atoms with Crippen LogP contribution in [0.1, 0.15) is 29.8 Å². The Morgan fingerprint density at radius 1 is 1.32 bits per heavy atom. The van der Waals surface area contributed by atoms with Crippen LogP contribution < -0.4 is 0 Å². The van der Waals surface area contributed by atoms with E-state index < -0.39 is 11.9 Å². The summed E-state index contributed by atoms with van der Waals surface area (Å²) in [5.74, 6) is -2.05. The average Bonchev–Trinajstić information content (AvgIpc) is 2.74. The van der Waals surface area contributed by atoms with Crippen molar-refractivity contribution in [1.82, 2.24) is 0 Å². The first kappa shape index (κ1) is 15.5. The molecule has 0 amide bonds. The quantitative estimate of drug-likeness (QED) is 0.833. The van der Waals surface area contributed by atoms with Crippen LogP contribution >= 0.6 is 0 Å². The Balaban J connectivity index is 2.47. The lowest BCUT2D eigenvalue weighted by atomic mass is 10.1. The predicted octanol–water partition coefficient (Wildman–Crippen LogP) is 2.58. The Morgan fingerprint density at radius 2 is 2.00 bits per heavy atom. The van der Waals surface area contributed by atoms with Crippen molar-refractivity contribution in [2.45, 2.75) is 13.8 Å². The molecular formula is C16H15NO5. The molecule has 0 saturated carbocycles. The Morgan fingerprint density at radius 3 is 2.64 bits per heavy atom. The van der Waals surface area contributed by atoms with Gasteiger partial charge in [-0.05, 0) is 31.6 Å². The standard InChI is InChI=1S/C16H15NO5/c1-3-22-16(21)13-9(2)17-12(14(13)18)8-10-6-4-5-7-11(10)15(19)20/h4-8,18H,3H2,1-2H3,(H,19,20)/b12-8-. The number of aliphatic imine (C=N–C) groups is 1. The summed E-state index contributed by atoms with van der Waals surface area (Å²) in [7, 11) is 0. The summed E-state index contributed by atoms with van der Waals surface area (Å²) in [4.78, 5) is 27.1. The minimum atomic E-state index is -1.08. The lowest BCUT2D eigenvalue weighted by Crippen LogP contribution is -2.13. The number of hydrogen-bond acceptors (Lipinski definition) is 5. The van der Waals surface area contributed by atoms with Gasteiger partial charge in [-0.25, -0.2) is 14.6 Å². The zero-order chi connectivity index (χ0) is 16.3. The molecule has 0 atom stereocenters. The normalized spacial score (nSPS) is 15.9. The van der Waals surface area contributed by atoms with Gasteiger partial charge in [0.05, 0.1) is 17.9 Å². The van der Waals surface area contributed by atoms with Gasteiger partial charge in [-0.1, -0.05) is 18.2 Å². The topological polar surface area (TPSA) is 96.2 Å². The maximum absolute atomic E-state index is 11.8. The molecule has 0 radical (unpaired) electrons. The molecular weight excluding hydrogens is 286 g/mol. The molecule has 6 nitrogen and oxygen atoms in total. The van der Waals surface area contributed by atoms with Crippen LogP contribution in [0.4, 0.5) is 0 Å². The Kier molecular flexibility index (Phi) is 4.41. The van der Waals surface area contributed by atoms with E-state index in [-0.39, 0.29) is 29.2 Å². The van der Waals surface area contributed by atoms with Crippen molar-refractivity contribution >= 4 is 23.7 Å². The molecule has 1 aliphatic heterocycles. The van der Waals surface area contributed by atoms with E-state index in [2.05, 4.69) is 4.99 Å². The monoisotopic (exact) mass is 301 g/mol. The average molecular weight is 301 g/mol. The zero-order valence-corrected chi connectivity index (χ0v) is 12.2. The minimum absolute atomic E-state index is 0.000839. The smallest absolute Gasteiger partial charge is 0.343 e. The number of carboxylic acid groups (broad SMARTS) is 1. The highest BCUT2D eigenvalue weighted by molar-refractivity contribution is 6.22. The molecule has 2 N–H and O–H groups in total. The minimum Gasteiger partial charge on any atom is -0.505 e. The van der Waals surface area contributed by atoms with E-state index in [1.165, 1.54) is 12.1 Å². The molecule has 2 rings (SSSR count). The fraction of sp³-hybridized carbons (Fsp3) is 0.188. The summed E-state index contributed by atoms with van der Waals surface area (Å²) in [6, 6.07) is 6.33. The number of carbonyl (C=O) groups is 2. The molecule has 0 spiro atoms. The van der Waals surface area contributed by atoms with Crippen molar-refractivity contribution in [3.8, 4) is 0 Å². The van der Waals surface area contributed by atoms with E-state index in [1.807, 2.05) is 0 Å². The number of rotatable bonds is 4. The molecule has 0 saturated heterocycles. The molecule has 22 heavy (non-hydrogen) atoms. The first-order valence-corrected chi connectivity index (χ1v) is 6.66. The van der Waals surface area contributed by atoms with Gasteiger partial charge in [-0.2, -0.15) is 0 Å². The summed E-state index contributed by atoms with van der Waals surface area (Å²) in [6.45, 7) is 3.42. The third kappa shape index (κ3) is 2.90. The van der Waals surface area contributed by atoms with Gasteiger partial charge in [0.1, 0.15) is 11.3 Å². The van der Waals surface area contributed by atoms with Gasteiger partial charge in [0.15, 0.2) is 5.76 Å². The fourth-order valence-electron chi connectivity index (χ4n) is 2.10. The first-order valence-electron chi connectivity index (χ1n) is 6.66. The largest absolute Gasteiger partial charge is 0.505 e. The molecule has 0 unspecified atom stereocenters. The summed E-state index contributed by atoms with van der Waals surface area (Å²) >= 11 is 0. The van der Waals surface area contributed by atoms with E-state index in [0.717, 1.165) is 0 Å². The number of aliphatic hydroxyl groups excluding tert-OH is 1. The number of nitrogens with zero attached hydrogens (tertiary/aromatic N) is 1. The lowest BCUT2D eigenvalue weighted by molar-refractivity contribution is -0.138. The SMILES string of the molecule is CCOC(=O)C1=C(O)/C(=C/c2ccccc2C(=O)O)N=C1C.